The summed E-state index contributed by atoms with van der Waals surface area (Å²) >= 11 is 2.95. The number of aliphatic hydroxyl groups excluding tert-OH is 1. The smallest absolute Gasteiger partial charge is 0.306 e. The first kappa shape index (κ1) is 23.6. The van der Waals surface area contributed by atoms with E-state index in [4.69, 9.17) is 0 Å². The zero-order valence-corrected chi connectivity index (χ0v) is 19.1. The van der Waals surface area contributed by atoms with E-state index in [0.717, 1.165) is 24.6 Å². The number of thioether (sulfide) groups is 1. The molecule has 7 nitrogen and oxygen atoms in total. The maximum Gasteiger partial charge on any atom is 0.306 e. The molecule has 3 N–H and O–H groups in total. The highest BCUT2D eigenvalue weighted by Crippen LogP contribution is 2.46. The van der Waals surface area contributed by atoms with Crippen LogP contribution in [0.1, 0.15) is 39.0 Å². The number of aliphatic hydroxyl groups is 2. The van der Waals surface area contributed by atoms with E-state index in [2.05, 4.69) is 32.6 Å². The lowest BCUT2D eigenvalue weighted by Gasteiger charge is -2.45. The molecule has 1 fully saturated rings. The van der Waals surface area contributed by atoms with E-state index in [1.54, 1.807) is 0 Å². The van der Waals surface area contributed by atoms with Crippen LogP contribution in [0.4, 0.5) is 0 Å². The average molecular weight is 525 g/mol. The van der Waals surface area contributed by atoms with Gasteiger partial charge in [0.1, 0.15) is 5.60 Å². The van der Waals surface area contributed by atoms with Crippen molar-refractivity contribution in [3.63, 3.8) is 0 Å². The fourth-order valence-corrected chi connectivity index (χ4v) is 5.76. The van der Waals surface area contributed by atoms with Crippen LogP contribution < -0.4 is 5.32 Å². The number of hydrogen-bond acceptors (Lipinski definition) is 7. The molecule has 0 radical (unpaired) electrons. The van der Waals surface area contributed by atoms with Crippen LogP contribution in [0.5, 0.6) is 0 Å². The zero-order valence-electron chi connectivity index (χ0n) is 16.2. The van der Waals surface area contributed by atoms with Crippen LogP contribution in [0, 0.1) is 11.8 Å². The van der Waals surface area contributed by atoms with Gasteiger partial charge < -0.3 is 20.3 Å². The standard InChI is InChI=1S/C19H28INO6S/c1-18(26)13(8-10-20)16(24)21-19(18,15(23)12-6-4-3-5-7-12)17(25)28-11-9-14(22)27-2/h4,6,12-13,15,23,26H,3,5,7-11H2,1-2H3,(H,21,24). The highest BCUT2D eigenvalue weighted by molar-refractivity contribution is 14.1. The van der Waals surface area contributed by atoms with Crippen molar-refractivity contribution >= 4 is 51.3 Å². The molecule has 1 amide bonds. The second-order valence-corrected chi connectivity index (χ2v) is 9.55. The van der Waals surface area contributed by atoms with Crippen molar-refractivity contribution in [3.8, 4) is 0 Å². The lowest BCUT2D eigenvalue weighted by Crippen LogP contribution is -2.69. The summed E-state index contributed by atoms with van der Waals surface area (Å²) in [5.41, 5.74) is -3.58. The summed E-state index contributed by atoms with van der Waals surface area (Å²) in [5.74, 6) is -1.87. The lowest BCUT2D eigenvalue weighted by molar-refractivity contribution is -0.142. The van der Waals surface area contributed by atoms with Crippen molar-refractivity contribution in [1.82, 2.24) is 5.32 Å². The SMILES string of the molecule is COC(=O)CCSC(=O)C1(C(O)C2C=CCCC2)NC(=O)C(CCI)C1(C)O. The fraction of sp³-hybridized carbons (Fsp3) is 0.737. The Kier molecular flexibility index (Phi) is 8.36. The Morgan fingerprint density at radius 1 is 1.50 bits per heavy atom. The van der Waals surface area contributed by atoms with Crippen LogP contribution in [0.2, 0.25) is 0 Å². The van der Waals surface area contributed by atoms with Gasteiger partial charge in [0.25, 0.3) is 0 Å². The molecule has 2 rings (SSSR count). The Morgan fingerprint density at radius 2 is 2.21 bits per heavy atom. The number of carbonyl (C=O) groups excluding carboxylic acids is 3. The van der Waals surface area contributed by atoms with Gasteiger partial charge in [-0.2, -0.15) is 0 Å². The molecule has 9 heteroatoms. The van der Waals surface area contributed by atoms with Crippen molar-refractivity contribution in [2.45, 2.75) is 56.3 Å². The van der Waals surface area contributed by atoms with Gasteiger partial charge in [0.15, 0.2) is 5.54 Å². The molecule has 158 valence electrons. The first-order valence-corrected chi connectivity index (χ1v) is 11.9. The van der Waals surface area contributed by atoms with Gasteiger partial charge in [0.2, 0.25) is 11.0 Å². The molecule has 1 aliphatic carbocycles. The van der Waals surface area contributed by atoms with E-state index in [0.29, 0.717) is 17.3 Å². The molecule has 0 saturated carbocycles. The number of ether oxygens (including phenoxy) is 1. The normalized spacial score (nSPS) is 33.4. The molecule has 0 bridgehead atoms. The molecule has 5 atom stereocenters. The minimum Gasteiger partial charge on any atom is -0.469 e. The van der Waals surface area contributed by atoms with Crippen molar-refractivity contribution in [2.75, 3.05) is 17.3 Å². The predicted molar refractivity (Wildman–Crippen MR) is 115 cm³/mol. The first-order chi connectivity index (χ1) is 13.2. The van der Waals surface area contributed by atoms with Crippen LogP contribution in [0.25, 0.3) is 0 Å². The summed E-state index contributed by atoms with van der Waals surface area (Å²) in [7, 11) is 1.27. The highest BCUT2D eigenvalue weighted by atomic mass is 127. The fourth-order valence-electron chi connectivity index (χ4n) is 4.08. The number of alkyl halides is 1. The Bertz CT molecular complexity index is 640. The molecular weight excluding hydrogens is 497 g/mol. The summed E-state index contributed by atoms with van der Waals surface area (Å²) in [6.07, 6.45) is 5.40. The van der Waals surface area contributed by atoms with Gasteiger partial charge in [0, 0.05) is 16.1 Å². The lowest BCUT2D eigenvalue weighted by atomic mass is 9.69. The molecule has 0 spiro atoms. The average Bonchev–Trinajstić information content (AvgIpc) is 2.89. The molecule has 1 saturated heterocycles. The monoisotopic (exact) mass is 525 g/mol. The van der Waals surface area contributed by atoms with Crippen molar-refractivity contribution in [3.05, 3.63) is 12.2 Å². The van der Waals surface area contributed by atoms with E-state index in [9.17, 15) is 24.6 Å². The van der Waals surface area contributed by atoms with Crippen LogP contribution in [-0.4, -0.2) is 61.7 Å². The van der Waals surface area contributed by atoms with Gasteiger partial charge in [-0.15, -0.1) is 0 Å². The third-order valence-corrected chi connectivity index (χ3v) is 7.36. The molecule has 2 aliphatic rings. The van der Waals surface area contributed by atoms with Gasteiger partial charge in [-0.25, -0.2) is 0 Å². The number of allylic oxidation sites excluding steroid dienone is 1. The molecule has 1 heterocycles. The third-order valence-electron chi connectivity index (χ3n) is 5.74. The van der Waals surface area contributed by atoms with E-state index in [1.165, 1.54) is 14.0 Å². The van der Waals surface area contributed by atoms with Gasteiger partial charge in [-0.3, -0.25) is 14.4 Å². The van der Waals surface area contributed by atoms with Crippen molar-refractivity contribution in [2.24, 2.45) is 11.8 Å². The molecule has 1 aliphatic heterocycles. The van der Waals surface area contributed by atoms with E-state index < -0.39 is 40.2 Å². The second-order valence-electron chi connectivity index (χ2n) is 7.40. The summed E-state index contributed by atoms with van der Waals surface area (Å²) in [4.78, 5) is 37.3. The van der Waals surface area contributed by atoms with Gasteiger partial charge in [-0.05, 0) is 32.6 Å². The van der Waals surface area contributed by atoms with Gasteiger partial charge >= 0.3 is 5.97 Å². The zero-order chi connectivity index (χ0) is 20.9. The molecule has 0 aromatic rings. The number of methoxy groups -OCH3 is 1. The van der Waals surface area contributed by atoms with Gasteiger partial charge in [-0.1, -0.05) is 46.5 Å². The number of halogens is 1. The Balaban J connectivity index is 2.36. The van der Waals surface area contributed by atoms with Crippen molar-refractivity contribution < 1.29 is 29.3 Å². The first-order valence-electron chi connectivity index (χ1n) is 9.41. The largest absolute Gasteiger partial charge is 0.469 e. The number of carbonyl (C=O) groups is 3. The van der Waals surface area contributed by atoms with Crippen LogP contribution in [-0.2, 0) is 19.1 Å². The minimum atomic E-state index is -1.83. The van der Waals surface area contributed by atoms with Crippen LogP contribution >= 0.6 is 34.4 Å². The molecule has 0 aromatic heterocycles. The topological polar surface area (TPSA) is 113 Å². The highest BCUT2D eigenvalue weighted by Gasteiger charge is 2.68. The maximum atomic E-state index is 13.3. The minimum absolute atomic E-state index is 0.0235. The Labute approximate surface area is 183 Å². The summed E-state index contributed by atoms with van der Waals surface area (Å²) in [6, 6.07) is 0. The quantitative estimate of drug-likeness (QED) is 0.191. The summed E-state index contributed by atoms with van der Waals surface area (Å²) in [6.45, 7) is 1.45. The number of nitrogens with one attached hydrogen (secondary N) is 1. The summed E-state index contributed by atoms with van der Waals surface area (Å²) in [5, 5.41) is 24.8. The number of amides is 1. The number of esters is 1. The van der Waals surface area contributed by atoms with E-state index in [-0.39, 0.29) is 18.1 Å². The Hall–Kier alpha value is -0.650. The maximum absolute atomic E-state index is 13.3. The molecule has 0 aromatic carbocycles. The van der Waals surface area contributed by atoms with Gasteiger partial charge in [0.05, 0.1) is 25.6 Å². The number of rotatable bonds is 8. The Morgan fingerprint density at radius 3 is 2.79 bits per heavy atom. The molecule has 28 heavy (non-hydrogen) atoms. The van der Waals surface area contributed by atoms with E-state index in [1.807, 2.05) is 12.2 Å². The summed E-state index contributed by atoms with van der Waals surface area (Å²) < 4.78 is 5.22. The molecule has 5 unspecified atom stereocenters. The number of hydrogen-bond donors (Lipinski definition) is 3. The second kappa shape index (κ2) is 9.90. The third kappa shape index (κ3) is 4.41. The van der Waals surface area contributed by atoms with E-state index >= 15 is 0 Å². The predicted octanol–water partition coefficient (Wildman–Crippen LogP) is 1.59. The van der Waals surface area contributed by atoms with Crippen molar-refractivity contribution in [1.29, 1.82) is 0 Å². The molecular formula is C19H28INO6S. The van der Waals surface area contributed by atoms with Crippen LogP contribution in [0.15, 0.2) is 12.2 Å². The van der Waals surface area contributed by atoms with Crippen LogP contribution in [0.3, 0.4) is 0 Å².